The summed E-state index contributed by atoms with van der Waals surface area (Å²) in [5.41, 5.74) is 0. The lowest BCUT2D eigenvalue weighted by Crippen LogP contribution is -2.48. The van der Waals surface area contributed by atoms with Gasteiger partial charge in [0.25, 0.3) is 0 Å². The number of hydrogen-bond acceptors (Lipinski definition) is 3. The smallest absolute Gasteiger partial charge is 0.151 e. The van der Waals surface area contributed by atoms with Gasteiger partial charge in [-0.15, -0.1) is 0 Å². The van der Waals surface area contributed by atoms with Gasteiger partial charge in [-0.25, -0.2) is 8.42 Å². The molecule has 0 saturated heterocycles. The zero-order valence-electron chi connectivity index (χ0n) is 11.6. The maximum atomic E-state index is 11.9. The van der Waals surface area contributed by atoms with Crippen molar-refractivity contribution in [3.05, 3.63) is 0 Å². The maximum Gasteiger partial charge on any atom is 0.151 e. The van der Waals surface area contributed by atoms with Gasteiger partial charge in [0.1, 0.15) is 0 Å². The molecular weight excluding hydrogens is 234 g/mol. The summed E-state index contributed by atoms with van der Waals surface area (Å²) in [5, 5.41) is 3.22. The van der Waals surface area contributed by atoms with E-state index in [-0.39, 0.29) is 11.3 Å². The Bertz CT molecular complexity index is 324. The van der Waals surface area contributed by atoms with Gasteiger partial charge in [0.05, 0.1) is 5.25 Å². The van der Waals surface area contributed by atoms with E-state index >= 15 is 0 Å². The van der Waals surface area contributed by atoms with Crippen LogP contribution in [0.3, 0.4) is 0 Å². The van der Waals surface area contributed by atoms with Crippen molar-refractivity contribution in [1.82, 2.24) is 5.32 Å². The van der Waals surface area contributed by atoms with Gasteiger partial charge in [-0.2, -0.15) is 0 Å². The molecule has 3 atom stereocenters. The fourth-order valence-corrected chi connectivity index (χ4v) is 4.23. The fourth-order valence-electron chi connectivity index (χ4n) is 2.80. The summed E-state index contributed by atoms with van der Waals surface area (Å²) < 4.78 is 23.8. The van der Waals surface area contributed by atoms with Crippen molar-refractivity contribution in [3.8, 4) is 0 Å². The number of sulfone groups is 1. The summed E-state index contributed by atoms with van der Waals surface area (Å²) in [6, 6.07) is 0.167. The minimum atomic E-state index is -2.93. The van der Waals surface area contributed by atoms with Crippen LogP contribution in [-0.4, -0.2) is 32.5 Å². The van der Waals surface area contributed by atoms with Crippen molar-refractivity contribution < 1.29 is 8.42 Å². The largest absolute Gasteiger partial charge is 0.313 e. The van der Waals surface area contributed by atoms with Crippen molar-refractivity contribution in [2.75, 3.05) is 12.8 Å². The molecule has 0 aromatic carbocycles. The molecule has 17 heavy (non-hydrogen) atoms. The number of nitrogens with one attached hydrogen (secondary N) is 1. The lowest BCUT2D eigenvalue weighted by molar-refractivity contribution is 0.241. The van der Waals surface area contributed by atoms with Crippen molar-refractivity contribution in [2.45, 2.75) is 57.7 Å². The maximum absolute atomic E-state index is 11.9. The molecule has 1 aliphatic carbocycles. The van der Waals surface area contributed by atoms with Crippen LogP contribution in [0, 0.1) is 11.8 Å². The molecule has 0 aliphatic heterocycles. The first-order chi connectivity index (χ1) is 7.86. The molecule has 0 heterocycles. The summed E-state index contributed by atoms with van der Waals surface area (Å²) in [6.07, 6.45) is 5.44. The minimum absolute atomic E-state index is 0.167. The first kappa shape index (κ1) is 15.0. The molecule has 1 aliphatic rings. The van der Waals surface area contributed by atoms with E-state index in [1.807, 2.05) is 0 Å². The molecule has 0 radical (unpaired) electrons. The van der Waals surface area contributed by atoms with Crippen molar-refractivity contribution in [1.29, 1.82) is 0 Å². The fraction of sp³-hybridized carbons (Fsp3) is 1.00. The molecule has 4 heteroatoms. The molecule has 1 rings (SSSR count). The van der Waals surface area contributed by atoms with Crippen LogP contribution in [0.2, 0.25) is 0 Å². The van der Waals surface area contributed by atoms with Gasteiger partial charge in [-0.3, -0.25) is 0 Å². The summed E-state index contributed by atoms with van der Waals surface area (Å²) in [7, 11) is -2.93. The Labute approximate surface area is 106 Å². The third kappa shape index (κ3) is 4.25. The van der Waals surface area contributed by atoms with Gasteiger partial charge in [0.2, 0.25) is 0 Å². The lowest BCUT2D eigenvalue weighted by Gasteiger charge is -2.37. The standard InChI is InChI=1S/C13H27NO2S/c1-5-8-14-12-7-6-11(10(2)3)9-13(12)17(4,15)16/h10-14H,5-9H2,1-4H3. The molecule has 0 amide bonds. The molecule has 1 N–H and O–H groups in total. The van der Waals surface area contributed by atoms with Crippen LogP contribution >= 0.6 is 0 Å². The van der Waals surface area contributed by atoms with Gasteiger partial charge in [-0.05, 0) is 44.1 Å². The average Bonchev–Trinajstić information content (AvgIpc) is 2.24. The minimum Gasteiger partial charge on any atom is -0.313 e. The Morgan fingerprint density at radius 1 is 1.29 bits per heavy atom. The normalized spacial score (nSPS) is 30.8. The summed E-state index contributed by atoms with van der Waals surface area (Å²) in [4.78, 5) is 0. The quantitative estimate of drug-likeness (QED) is 0.825. The molecule has 1 fully saturated rings. The van der Waals surface area contributed by atoms with Gasteiger partial charge >= 0.3 is 0 Å². The number of hydrogen-bond donors (Lipinski definition) is 1. The van der Waals surface area contributed by atoms with Crippen molar-refractivity contribution in [2.24, 2.45) is 11.8 Å². The zero-order chi connectivity index (χ0) is 13.1. The van der Waals surface area contributed by atoms with E-state index in [4.69, 9.17) is 0 Å². The van der Waals surface area contributed by atoms with E-state index in [0.717, 1.165) is 32.2 Å². The third-order valence-corrected chi connectivity index (χ3v) is 5.60. The predicted octanol–water partition coefficient (Wildman–Crippen LogP) is 2.22. The summed E-state index contributed by atoms with van der Waals surface area (Å²) in [5.74, 6) is 1.15. The van der Waals surface area contributed by atoms with E-state index in [9.17, 15) is 8.42 Å². The van der Waals surface area contributed by atoms with Crippen LogP contribution in [-0.2, 0) is 9.84 Å². The van der Waals surface area contributed by atoms with E-state index in [1.165, 1.54) is 6.26 Å². The summed E-state index contributed by atoms with van der Waals surface area (Å²) in [6.45, 7) is 7.43. The van der Waals surface area contributed by atoms with Gasteiger partial charge < -0.3 is 5.32 Å². The molecule has 3 nitrogen and oxygen atoms in total. The van der Waals surface area contributed by atoms with E-state index in [1.54, 1.807) is 0 Å². The monoisotopic (exact) mass is 261 g/mol. The van der Waals surface area contributed by atoms with Crippen LogP contribution in [0.4, 0.5) is 0 Å². The Kier molecular flexibility index (Phi) is 5.45. The van der Waals surface area contributed by atoms with Crippen molar-refractivity contribution >= 4 is 9.84 Å². The molecular formula is C13H27NO2S. The van der Waals surface area contributed by atoms with Crippen LogP contribution in [0.15, 0.2) is 0 Å². The second-order valence-corrected chi connectivity index (χ2v) is 8.01. The Morgan fingerprint density at radius 3 is 2.41 bits per heavy atom. The highest BCUT2D eigenvalue weighted by Gasteiger charge is 2.37. The second kappa shape index (κ2) is 6.19. The van der Waals surface area contributed by atoms with Gasteiger partial charge in [0, 0.05) is 12.3 Å². The third-order valence-electron chi connectivity index (χ3n) is 3.98. The molecule has 0 aromatic heterocycles. The van der Waals surface area contributed by atoms with Gasteiger partial charge in [-0.1, -0.05) is 20.8 Å². The SMILES string of the molecule is CCCNC1CCC(C(C)C)CC1S(C)(=O)=O. The molecule has 3 unspecified atom stereocenters. The van der Waals surface area contributed by atoms with E-state index in [0.29, 0.717) is 11.8 Å². The highest BCUT2D eigenvalue weighted by atomic mass is 32.2. The lowest BCUT2D eigenvalue weighted by atomic mass is 9.79. The Hall–Kier alpha value is -0.0900. The predicted molar refractivity (Wildman–Crippen MR) is 72.9 cm³/mol. The highest BCUT2D eigenvalue weighted by molar-refractivity contribution is 7.91. The Morgan fingerprint density at radius 2 is 1.94 bits per heavy atom. The number of rotatable bonds is 5. The van der Waals surface area contributed by atoms with Crippen LogP contribution < -0.4 is 5.32 Å². The molecule has 0 spiro atoms. The van der Waals surface area contributed by atoms with E-state index < -0.39 is 9.84 Å². The second-order valence-electron chi connectivity index (χ2n) is 5.75. The molecule has 0 bridgehead atoms. The highest BCUT2D eigenvalue weighted by Crippen LogP contribution is 2.33. The average molecular weight is 261 g/mol. The molecule has 102 valence electrons. The van der Waals surface area contributed by atoms with Crippen molar-refractivity contribution in [3.63, 3.8) is 0 Å². The zero-order valence-corrected chi connectivity index (χ0v) is 12.4. The molecule has 0 aromatic rings. The Balaban J connectivity index is 2.73. The van der Waals surface area contributed by atoms with Crippen LogP contribution in [0.25, 0.3) is 0 Å². The molecule has 1 saturated carbocycles. The summed E-state index contributed by atoms with van der Waals surface area (Å²) >= 11 is 0. The first-order valence-corrected chi connectivity index (χ1v) is 8.74. The van der Waals surface area contributed by atoms with Gasteiger partial charge in [0.15, 0.2) is 9.84 Å². The first-order valence-electron chi connectivity index (χ1n) is 6.78. The van der Waals surface area contributed by atoms with Crippen LogP contribution in [0.1, 0.15) is 46.5 Å². The van der Waals surface area contributed by atoms with Crippen LogP contribution in [0.5, 0.6) is 0 Å². The topological polar surface area (TPSA) is 46.2 Å². The van der Waals surface area contributed by atoms with E-state index in [2.05, 4.69) is 26.1 Å².